The molecule has 1 radical (unpaired) electrons. The van der Waals surface area contributed by atoms with Crippen LogP contribution in [-0.2, 0) is 16.8 Å². The number of nitrogens with zero attached hydrogens (tertiary/aromatic N) is 2. The van der Waals surface area contributed by atoms with Crippen LogP contribution in [0.15, 0.2) is 66.7 Å². The van der Waals surface area contributed by atoms with Crippen molar-refractivity contribution in [1.29, 1.82) is 0 Å². The van der Waals surface area contributed by atoms with E-state index in [1.54, 1.807) is 0 Å². The summed E-state index contributed by atoms with van der Waals surface area (Å²) < 4.78 is 0. The zero-order chi connectivity index (χ0) is 19.9. The summed E-state index contributed by atoms with van der Waals surface area (Å²) >= 11 is 0. The van der Waals surface area contributed by atoms with Gasteiger partial charge in [-0.15, -0.1) is 5.56 Å². The van der Waals surface area contributed by atoms with Crippen molar-refractivity contribution in [2.75, 3.05) is 0 Å². The number of H-pyrrole nitrogens is 2. The molecule has 0 fully saturated rings. The Morgan fingerprint density at radius 2 is 1.19 bits per heavy atom. The van der Waals surface area contributed by atoms with Crippen molar-refractivity contribution in [1.82, 2.24) is 19.9 Å². The predicted octanol–water partition coefficient (Wildman–Crippen LogP) is 6.12. The molecule has 0 aliphatic carbocycles. The summed E-state index contributed by atoms with van der Waals surface area (Å²) in [4.78, 5) is 16.4. The molecule has 5 heteroatoms. The summed E-state index contributed by atoms with van der Waals surface area (Å²) in [6.07, 6.45) is 8.08. The molecule has 5 heterocycles. The van der Waals surface area contributed by atoms with Crippen molar-refractivity contribution in [3.8, 4) is 11.1 Å². The minimum atomic E-state index is 0. The Bertz CT molecular complexity index is 1490. The molecule has 6 rings (SSSR count). The van der Waals surface area contributed by atoms with Crippen LogP contribution in [0, 0.1) is 6.07 Å². The van der Waals surface area contributed by atoms with E-state index in [0.717, 1.165) is 56.0 Å². The summed E-state index contributed by atoms with van der Waals surface area (Å²) in [5, 5.41) is 0. The van der Waals surface area contributed by atoms with Crippen LogP contribution >= 0.6 is 0 Å². The third-order valence-electron chi connectivity index (χ3n) is 5.20. The maximum Gasteiger partial charge on any atom is 0.0659 e. The van der Waals surface area contributed by atoms with Gasteiger partial charge in [0.1, 0.15) is 0 Å². The standard InChI is InChI=1S/C26H17N4.Co/c1-2-4-17(5-3-1)25-15-24-14-22-9-8-20(28-22)12-18-6-7-19(27-18)13-21-10-11-23(29-21)16-26(25)30-24;/h2-16,28,30H;/q-1;. The van der Waals surface area contributed by atoms with Crippen molar-refractivity contribution >= 4 is 46.4 Å². The zero-order valence-electron chi connectivity index (χ0n) is 16.4. The average Bonchev–Trinajstić information content (AvgIpc) is 3.53. The van der Waals surface area contributed by atoms with E-state index < -0.39 is 0 Å². The van der Waals surface area contributed by atoms with Crippen molar-refractivity contribution in [3.63, 3.8) is 0 Å². The zero-order valence-corrected chi connectivity index (χ0v) is 17.4. The fourth-order valence-electron chi connectivity index (χ4n) is 3.82. The minimum Gasteiger partial charge on any atom is -0.355 e. The quantitative estimate of drug-likeness (QED) is 0.300. The molecule has 3 aromatic heterocycles. The van der Waals surface area contributed by atoms with Crippen molar-refractivity contribution in [2.24, 2.45) is 0 Å². The fraction of sp³-hybridized carbons (Fsp3) is 0. The Morgan fingerprint density at radius 1 is 0.581 bits per heavy atom. The van der Waals surface area contributed by atoms with Gasteiger partial charge in [0.25, 0.3) is 0 Å². The predicted molar refractivity (Wildman–Crippen MR) is 123 cm³/mol. The van der Waals surface area contributed by atoms with Gasteiger partial charge in [-0.3, -0.25) is 0 Å². The summed E-state index contributed by atoms with van der Waals surface area (Å²) in [6, 6.07) is 25.7. The number of rotatable bonds is 1. The number of hydrogen-bond donors (Lipinski definition) is 2. The van der Waals surface area contributed by atoms with Crippen LogP contribution in [0.4, 0.5) is 0 Å². The van der Waals surface area contributed by atoms with Gasteiger partial charge in [0.15, 0.2) is 0 Å². The summed E-state index contributed by atoms with van der Waals surface area (Å²) in [6.45, 7) is 0. The molecule has 2 N–H and O–H groups in total. The van der Waals surface area contributed by atoms with Gasteiger partial charge in [-0.2, -0.15) is 30.3 Å². The van der Waals surface area contributed by atoms with Crippen molar-refractivity contribution < 1.29 is 16.8 Å². The molecule has 4 aromatic rings. The van der Waals surface area contributed by atoms with Gasteiger partial charge < -0.3 is 9.97 Å². The molecule has 151 valence electrons. The van der Waals surface area contributed by atoms with Gasteiger partial charge in [-0.25, -0.2) is 9.97 Å². The van der Waals surface area contributed by atoms with Crippen LogP contribution in [0.5, 0.6) is 0 Å². The van der Waals surface area contributed by atoms with Crippen LogP contribution in [0.25, 0.3) is 57.5 Å². The van der Waals surface area contributed by atoms with Crippen LogP contribution in [0.3, 0.4) is 0 Å². The molecule has 0 saturated carbocycles. The number of aromatic amines is 2. The van der Waals surface area contributed by atoms with Crippen molar-refractivity contribution in [3.05, 3.63) is 95.6 Å². The molecule has 8 bridgehead atoms. The van der Waals surface area contributed by atoms with E-state index in [9.17, 15) is 0 Å². The first-order valence-corrected chi connectivity index (χ1v) is 9.83. The molecule has 0 amide bonds. The Labute approximate surface area is 189 Å². The molecule has 2 aliphatic heterocycles. The Morgan fingerprint density at radius 3 is 1.90 bits per heavy atom. The van der Waals surface area contributed by atoms with Crippen LogP contribution in [0.2, 0.25) is 0 Å². The second-order valence-corrected chi connectivity index (χ2v) is 7.38. The molecule has 0 atom stereocenters. The van der Waals surface area contributed by atoms with Gasteiger partial charge in [0, 0.05) is 38.8 Å². The molecular weight excluding hydrogens is 427 g/mol. The summed E-state index contributed by atoms with van der Waals surface area (Å²) in [7, 11) is 0. The van der Waals surface area contributed by atoms with E-state index in [0.29, 0.717) is 0 Å². The van der Waals surface area contributed by atoms with E-state index in [1.165, 1.54) is 0 Å². The summed E-state index contributed by atoms with van der Waals surface area (Å²) in [5.41, 5.74) is 10.00. The molecule has 4 nitrogen and oxygen atoms in total. The van der Waals surface area contributed by atoms with Gasteiger partial charge in [0.2, 0.25) is 0 Å². The second-order valence-electron chi connectivity index (χ2n) is 7.38. The van der Waals surface area contributed by atoms with Crippen LogP contribution in [0.1, 0.15) is 22.8 Å². The maximum atomic E-state index is 4.75. The van der Waals surface area contributed by atoms with Crippen LogP contribution < -0.4 is 0 Å². The van der Waals surface area contributed by atoms with Gasteiger partial charge in [-0.1, -0.05) is 0 Å². The third-order valence-corrected chi connectivity index (χ3v) is 5.20. The first-order valence-electron chi connectivity index (χ1n) is 9.83. The SMILES string of the molecule is [Co].[c-]1ccc(-c2cc3cc4ccc(cc5nc(cc6nc(cc2[nH]3)C=C6)C=C5)[nH]4)cc1. The summed E-state index contributed by atoms with van der Waals surface area (Å²) in [5.74, 6) is 0. The largest absolute Gasteiger partial charge is 0.355 e. The topological polar surface area (TPSA) is 57.4 Å². The maximum absolute atomic E-state index is 4.75. The molecule has 0 saturated heterocycles. The Kier molecular flexibility index (Phi) is 4.90. The molecular formula is C26H17CoN4-. The van der Waals surface area contributed by atoms with E-state index in [-0.39, 0.29) is 16.8 Å². The van der Waals surface area contributed by atoms with E-state index in [2.05, 4.69) is 63.5 Å². The number of benzene rings is 1. The number of nitrogens with one attached hydrogen (secondary N) is 2. The van der Waals surface area contributed by atoms with E-state index >= 15 is 0 Å². The molecule has 31 heavy (non-hydrogen) atoms. The number of hydrogen-bond acceptors (Lipinski definition) is 2. The second kappa shape index (κ2) is 7.87. The Balaban J connectivity index is 0.00000204. The van der Waals surface area contributed by atoms with E-state index in [1.807, 2.05) is 48.6 Å². The first kappa shape index (κ1) is 19.3. The average molecular weight is 444 g/mol. The normalized spacial score (nSPS) is 12.0. The monoisotopic (exact) mass is 444 g/mol. The van der Waals surface area contributed by atoms with E-state index in [4.69, 9.17) is 4.98 Å². The molecule has 0 unspecified atom stereocenters. The minimum absolute atomic E-state index is 0. The third kappa shape index (κ3) is 3.88. The first-order chi connectivity index (χ1) is 14.8. The Hall–Kier alpha value is -3.67. The fourth-order valence-corrected chi connectivity index (χ4v) is 3.82. The van der Waals surface area contributed by atoms with Gasteiger partial charge >= 0.3 is 0 Å². The smallest absolute Gasteiger partial charge is 0.0659 e. The van der Waals surface area contributed by atoms with Gasteiger partial charge in [0.05, 0.1) is 22.8 Å². The molecule has 1 aromatic carbocycles. The molecule has 0 spiro atoms. The van der Waals surface area contributed by atoms with Crippen molar-refractivity contribution in [2.45, 2.75) is 0 Å². The van der Waals surface area contributed by atoms with Crippen LogP contribution in [-0.4, -0.2) is 19.9 Å². The van der Waals surface area contributed by atoms with Gasteiger partial charge in [-0.05, 0) is 72.3 Å². The number of aromatic nitrogens is 4. The molecule has 2 aliphatic rings. The number of fused-ring (bicyclic) bond motifs is 8.